The fourth-order valence-corrected chi connectivity index (χ4v) is 1.04. The van der Waals surface area contributed by atoms with Crippen molar-refractivity contribution in [3.05, 3.63) is 0 Å². The highest BCUT2D eigenvalue weighted by Gasteiger charge is 2.23. The highest BCUT2D eigenvalue weighted by atomic mass is 19.2. The molecule has 1 fully saturated rings. The van der Waals surface area contributed by atoms with Crippen molar-refractivity contribution in [2.45, 2.75) is 38.0 Å². The molecule has 0 nitrogen and oxygen atoms in total. The SMILES string of the molecule is FC1CCCCC1F. The molecule has 48 valence electrons. The van der Waals surface area contributed by atoms with Crippen LogP contribution in [0.4, 0.5) is 8.78 Å². The standard InChI is InChI=1S/C6H10F2/c7-5-3-1-2-4-6(5)8/h5-6H,1-4H2. The van der Waals surface area contributed by atoms with Gasteiger partial charge in [0.05, 0.1) is 0 Å². The summed E-state index contributed by atoms with van der Waals surface area (Å²) >= 11 is 0. The van der Waals surface area contributed by atoms with Crippen molar-refractivity contribution in [2.75, 3.05) is 0 Å². The number of halogens is 2. The van der Waals surface area contributed by atoms with E-state index in [0.717, 1.165) is 12.8 Å². The van der Waals surface area contributed by atoms with Crippen molar-refractivity contribution in [1.82, 2.24) is 0 Å². The molecule has 0 aliphatic heterocycles. The molecule has 0 spiro atoms. The molecule has 0 aromatic rings. The Morgan fingerprint density at radius 1 is 0.875 bits per heavy atom. The van der Waals surface area contributed by atoms with Gasteiger partial charge in [-0.05, 0) is 12.8 Å². The summed E-state index contributed by atoms with van der Waals surface area (Å²) in [6.45, 7) is 0. The summed E-state index contributed by atoms with van der Waals surface area (Å²) in [6, 6.07) is 0. The molecule has 0 heterocycles. The van der Waals surface area contributed by atoms with Crippen molar-refractivity contribution in [1.29, 1.82) is 0 Å². The predicted octanol–water partition coefficient (Wildman–Crippen LogP) is 2.24. The summed E-state index contributed by atoms with van der Waals surface area (Å²) in [4.78, 5) is 0. The molecule has 0 amide bonds. The normalized spacial score (nSPS) is 39.8. The van der Waals surface area contributed by atoms with Gasteiger partial charge in [0.2, 0.25) is 0 Å². The first-order valence-corrected chi connectivity index (χ1v) is 3.09. The van der Waals surface area contributed by atoms with Gasteiger partial charge in [-0.25, -0.2) is 8.78 Å². The number of hydrogen-bond donors (Lipinski definition) is 0. The Bertz CT molecular complexity index is 62.9. The van der Waals surface area contributed by atoms with Crippen molar-refractivity contribution in [3.63, 3.8) is 0 Å². The van der Waals surface area contributed by atoms with E-state index in [9.17, 15) is 8.78 Å². The van der Waals surface area contributed by atoms with Gasteiger partial charge in [-0.1, -0.05) is 12.8 Å². The summed E-state index contributed by atoms with van der Waals surface area (Å²) < 4.78 is 24.4. The van der Waals surface area contributed by atoms with E-state index in [2.05, 4.69) is 0 Å². The van der Waals surface area contributed by atoms with Gasteiger partial charge in [-0.2, -0.15) is 0 Å². The van der Waals surface area contributed by atoms with Gasteiger partial charge in [-0.3, -0.25) is 0 Å². The van der Waals surface area contributed by atoms with Crippen LogP contribution in [-0.4, -0.2) is 12.3 Å². The van der Waals surface area contributed by atoms with Gasteiger partial charge in [0, 0.05) is 0 Å². The average molecular weight is 120 g/mol. The summed E-state index contributed by atoms with van der Waals surface area (Å²) in [6.07, 6.45) is 0.262. The van der Waals surface area contributed by atoms with E-state index in [1.165, 1.54) is 0 Å². The molecule has 0 N–H and O–H groups in total. The fourth-order valence-electron chi connectivity index (χ4n) is 1.04. The quantitative estimate of drug-likeness (QED) is 0.460. The molecule has 1 aliphatic carbocycles. The Balaban J connectivity index is 2.28. The van der Waals surface area contributed by atoms with Crippen molar-refractivity contribution >= 4 is 0 Å². The summed E-state index contributed by atoms with van der Waals surface area (Å²) in [5.41, 5.74) is 0. The smallest absolute Gasteiger partial charge is 0.131 e. The fraction of sp³-hybridized carbons (Fsp3) is 1.00. The Hall–Kier alpha value is -0.140. The Morgan fingerprint density at radius 3 is 1.50 bits per heavy atom. The van der Waals surface area contributed by atoms with Gasteiger partial charge in [0.1, 0.15) is 12.3 Å². The van der Waals surface area contributed by atoms with Crippen LogP contribution in [0.15, 0.2) is 0 Å². The molecular formula is C6H10F2. The lowest BCUT2D eigenvalue weighted by Gasteiger charge is -2.17. The first-order valence-electron chi connectivity index (χ1n) is 3.09. The van der Waals surface area contributed by atoms with Crippen LogP contribution < -0.4 is 0 Å². The summed E-state index contributed by atoms with van der Waals surface area (Å²) in [7, 11) is 0. The zero-order valence-corrected chi connectivity index (χ0v) is 4.74. The number of hydrogen-bond acceptors (Lipinski definition) is 0. The lowest BCUT2D eigenvalue weighted by atomic mass is 9.97. The van der Waals surface area contributed by atoms with Crippen LogP contribution in [0.5, 0.6) is 0 Å². The molecule has 0 aromatic carbocycles. The van der Waals surface area contributed by atoms with Gasteiger partial charge >= 0.3 is 0 Å². The summed E-state index contributed by atoms with van der Waals surface area (Å²) in [5, 5.41) is 0. The van der Waals surface area contributed by atoms with Gasteiger partial charge in [0.25, 0.3) is 0 Å². The van der Waals surface area contributed by atoms with Gasteiger partial charge in [0.15, 0.2) is 0 Å². The zero-order chi connectivity index (χ0) is 5.98. The van der Waals surface area contributed by atoms with Crippen LogP contribution in [0.2, 0.25) is 0 Å². The van der Waals surface area contributed by atoms with E-state index in [4.69, 9.17) is 0 Å². The Labute approximate surface area is 47.9 Å². The van der Waals surface area contributed by atoms with Crippen molar-refractivity contribution < 1.29 is 8.78 Å². The zero-order valence-electron chi connectivity index (χ0n) is 4.74. The van der Waals surface area contributed by atoms with Gasteiger partial charge < -0.3 is 0 Å². The van der Waals surface area contributed by atoms with E-state index in [-0.39, 0.29) is 0 Å². The van der Waals surface area contributed by atoms with Crippen LogP contribution in [0, 0.1) is 0 Å². The lowest BCUT2D eigenvalue weighted by molar-refractivity contribution is 0.120. The molecule has 0 saturated heterocycles. The van der Waals surface area contributed by atoms with Crippen molar-refractivity contribution in [2.24, 2.45) is 0 Å². The third-order valence-electron chi connectivity index (χ3n) is 1.60. The Morgan fingerprint density at radius 2 is 1.25 bits per heavy atom. The van der Waals surface area contributed by atoms with E-state index < -0.39 is 12.3 Å². The van der Waals surface area contributed by atoms with Crippen LogP contribution in [0.3, 0.4) is 0 Å². The maximum Gasteiger partial charge on any atom is 0.131 e. The molecule has 1 saturated carbocycles. The van der Waals surface area contributed by atoms with E-state index in [1.807, 2.05) is 0 Å². The molecule has 2 unspecified atom stereocenters. The van der Waals surface area contributed by atoms with Crippen LogP contribution in [-0.2, 0) is 0 Å². The largest absolute Gasteiger partial charge is 0.244 e. The molecule has 0 radical (unpaired) electrons. The topological polar surface area (TPSA) is 0 Å². The molecule has 2 heteroatoms. The third-order valence-corrected chi connectivity index (χ3v) is 1.60. The molecule has 8 heavy (non-hydrogen) atoms. The summed E-state index contributed by atoms with van der Waals surface area (Å²) in [5.74, 6) is 0. The van der Waals surface area contributed by atoms with Gasteiger partial charge in [-0.15, -0.1) is 0 Å². The second-order valence-corrected chi connectivity index (χ2v) is 2.32. The molecule has 0 aromatic heterocycles. The minimum absolute atomic E-state index is 0.432. The highest BCUT2D eigenvalue weighted by molar-refractivity contribution is 4.73. The Kier molecular flexibility index (Phi) is 1.81. The maximum absolute atomic E-state index is 12.2. The van der Waals surface area contributed by atoms with Crippen LogP contribution in [0.25, 0.3) is 0 Å². The molecule has 1 rings (SSSR count). The highest BCUT2D eigenvalue weighted by Crippen LogP contribution is 2.23. The lowest BCUT2D eigenvalue weighted by Crippen LogP contribution is -2.21. The minimum atomic E-state index is -1.16. The first-order chi connectivity index (χ1) is 3.80. The van der Waals surface area contributed by atoms with Crippen LogP contribution in [0.1, 0.15) is 25.7 Å². The molecular weight excluding hydrogens is 110 g/mol. The predicted molar refractivity (Wildman–Crippen MR) is 28.3 cm³/mol. The van der Waals surface area contributed by atoms with Crippen molar-refractivity contribution in [3.8, 4) is 0 Å². The van der Waals surface area contributed by atoms with E-state index in [0.29, 0.717) is 12.8 Å². The molecule has 2 atom stereocenters. The first kappa shape index (κ1) is 5.99. The van der Waals surface area contributed by atoms with E-state index >= 15 is 0 Å². The molecule has 0 bridgehead atoms. The maximum atomic E-state index is 12.2. The second kappa shape index (κ2) is 2.42. The monoisotopic (exact) mass is 120 g/mol. The minimum Gasteiger partial charge on any atom is -0.244 e. The van der Waals surface area contributed by atoms with Crippen LogP contribution >= 0.6 is 0 Å². The number of alkyl halides is 2. The number of rotatable bonds is 0. The third kappa shape index (κ3) is 1.17. The van der Waals surface area contributed by atoms with E-state index in [1.54, 1.807) is 0 Å². The second-order valence-electron chi connectivity index (χ2n) is 2.32. The molecule has 1 aliphatic rings. The average Bonchev–Trinajstić information content (AvgIpc) is 1.77.